The van der Waals surface area contributed by atoms with E-state index in [-0.39, 0.29) is 24.2 Å². The molecule has 0 heterocycles. The topological polar surface area (TPSA) is 46.2 Å². The van der Waals surface area contributed by atoms with Crippen LogP contribution in [-0.4, -0.2) is 11.7 Å². The molecule has 1 N–H and O–H groups in total. The third kappa shape index (κ3) is 3.85. The smallest absolute Gasteiger partial charge is 0.227 e. The van der Waals surface area contributed by atoms with E-state index in [1.165, 1.54) is 6.92 Å². The van der Waals surface area contributed by atoms with Crippen LogP contribution in [0.4, 0.5) is 0 Å². The molecule has 0 saturated heterocycles. The van der Waals surface area contributed by atoms with Gasteiger partial charge in [-0.2, -0.15) is 0 Å². The Bertz CT molecular complexity index is 359. The summed E-state index contributed by atoms with van der Waals surface area (Å²) in [7, 11) is 0. The summed E-state index contributed by atoms with van der Waals surface area (Å²) >= 11 is 0. The zero-order chi connectivity index (χ0) is 12.0. The van der Waals surface area contributed by atoms with Gasteiger partial charge in [0.2, 0.25) is 5.91 Å². The van der Waals surface area contributed by atoms with Crippen LogP contribution in [0.25, 0.3) is 0 Å². The molecule has 0 aromatic heterocycles. The van der Waals surface area contributed by atoms with Crippen molar-refractivity contribution in [1.29, 1.82) is 0 Å². The lowest BCUT2D eigenvalue weighted by atomic mass is 10.0. The van der Waals surface area contributed by atoms with Crippen LogP contribution in [0.2, 0.25) is 0 Å². The van der Waals surface area contributed by atoms with Crippen LogP contribution in [0.1, 0.15) is 38.3 Å². The minimum Gasteiger partial charge on any atom is -0.349 e. The number of amides is 1. The number of carbonyl (C=O) groups excluding carboxylic acids is 2. The molecule has 0 aliphatic carbocycles. The van der Waals surface area contributed by atoms with E-state index in [1.807, 2.05) is 37.3 Å². The quantitative estimate of drug-likeness (QED) is 0.772. The summed E-state index contributed by atoms with van der Waals surface area (Å²) in [6.07, 6.45) is 0.775. The predicted octanol–water partition coefficient (Wildman–Crippen LogP) is 2.23. The Morgan fingerprint density at radius 2 is 1.88 bits per heavy atom. The van der Waals surface area contributed by atoms with Gasteiger partial charge < -0.3 is 5.32 Å². The van der Waals surface area contributed by atoms with Gasteiger partial charge in [-0.05, 0) is 18.9 Å². The monoisotopic (exact) mass is 219 g/mol. The van der Waals surface area contributed by atoms with Crippen LogP contribution in [0, 0.1) is 0 Å². The molecule has 16 heavy (non-hydrogen) atoms. The standard InChI is InChI=1S/C13H17NO2/c1-3-12(11-7-5-4-6-8-11)14-13(16)9-10(2)15/h4-8,12H,3,9H2,1-2H3,(H,14,16). The molecule has 1 aromatic rings. The van der Waals surface area contributed by atoms with Crippen LogP contribution in [0.5, 0.6) is 0 Å². The first-order valence-electron chi connectivity index (χ1n) is 5.47. The molecule has 3 nitrogen and oxygen atoms in total. The Morgan fingerprint density at radius 3 is 2.38 bits per heavy atom. The van der Waals surface area contributed by atoms with Crippen LogP contribution >= 0.6 is 0 Å². The molecule has 1 amide bonds. The van der Waals surface area contributed by atoms with Gasteiger partial charge in [0.05, 0.1) is 12.5 Å². The predicted molar refractivity (Wildman–Crippen MR) is 62.9 cm³/mol. The van der Waals surface area contributed by atoms with Crippen LogP contribution in [0.3, 0.4) is 0 Å². The number of Topliss-reactive ketones (excluding diaryl/α,β-unsaturated/α-hetero) is 1. The lowest BCUT2D eigenvalue weighted by Gasteiger charge is -2.16. The van der Waals surface area contributed by atoms with Gasteiger partial charge in [-0.1, -0.05) is 37.3 Å². The number of benzene rings is 1. The number of nitrogens with one attached hydrogen (secondary N) is 1. The summed E-state index contributed by atoms with van der Waals surface area (Å²) in [5, 5.41) is 2.85. The van der Waals surface area contributed by atoms with Crippen LogP contribution in [0.15, 0.2) is 30.3 Å². The van der Waals surface area contributed by atoms with Crippen molar-refractivity contribution in [1.82, 2.24) is 5.32 Å². The average molecular weight is 219 g/mol. The summed E-state index contributed by atoms with van der Waals surface area (Å²) in [5.74, 6) is -0.316. The fourth-order valence-corrected chi connectivity index (χ4v) is 1.58. The van der Waals surface area contributed by atoms with Crippen molar-refractivity contribution < 1.29 is 9.59 Å². The minimum atomic E-state index is -0.205. The van der Waals surface area contributed by atoms with Crippen molar-refractivity contribution >= 4 is 11.7 Å². The molecule has 1 atom stereocenters. The van der Waals surface area contributed by atoms with Crippen molar-refractivity contribution in [2.75, 3.05) is 0 Å². The van der Waals surface area contributed by atoms with Gasteiger partial charge in [-0.3, -0.25) is 9.59 Å². The first-order chi connectivity index (χ1) is 7.63. The summed E-state index contributed by atoms with van der Waals surface area (Å²) in [6, 6.07) is 9.76. The Hall–Kier alpha value is -1.64. The van der Waals surface area contributed by atoms with E-state index >= 15 is 0 Å². The van der Waals surface area contributed by atoms with E-state index < -0.39 is 0 Å². The van der Waals surface area contributed by atoms with E-state index in [2.05, 4.69) is 5.32 Å². The zero-order valence-corrected chi connectivity index (χ0v) is 9.69. The van der Waals surface area contributed by atoms with Crippen molar-refractivity contribution in [3.05, 3.63) is 35.9 Å². The van der Waals surface area contributed by atoms with E-state index in [4.69, 9.17) is 0 Å². The van der Waals surface area contributed by atoms with Gasteiger partial charge in [0.25, 0.3) is 0 Å². The number of ketones is 1. The minimum absolute atomic E-state index is 0.00644. The SMILES string of the molecule is CCC(NC(=O)CC(C)=O)c1ccccc1. The van der Waals surface area contributed by atoms with E-state index in [0.717, 1.165) is 12.0 Å². The summed E-state index contributed by atoms with van der Waals surface area (Å²) in [6.45, 7) is 3.43. The van der Waals surface area contributed by atoms with Gasteiger partial charge in [0.1, 0.15) is 5.78 Å². The molecule has 3 heteroatoms. The lowest BCUT2D eigenvalue weighted by molar-refractivity contribution is -0.127. The third-order valence-electron chi connectivity index (χ3n) is 2.35. The fourth-order valence-electron chi connectivity index (χ4n) is 1.58. The summed E-state index contributed by atoms with van der Waals surface area (Å²) < 4.78 is 0. The van der Waals surface area contributed by atoms with Crippen molar-refractivity contribution in [2.24, 2.45) is 0 Å². The maximum absolute atomic E-state index is 11.5. The normalized spacial score (nSPS) is 11.9. The lowest BCUT2D eigenvalue weighted by Crippen LogP contribution is -2.29. The molecule has 1 unspecified atom stereocenters. The highest BCUT2D eigenvalue weighted by atomic mass is 16.2. The van der Waals surface area contributed by atoms with Crippen molar-refractivity contribution in [3.8, 4) is 0 Å². The Morgan fingerprint density at radius 1 is 1.25 bits per heavy atom. The number of hydrogen-bond donors (Lipinski definition) is 1. The Kier molecular flexibility index (Phi) is 4.70. The van der Waals surface area contributed by atoms with E-state index in [0.29, 0.717) is 0 Å². The molecule has 0 radical (unpaired) electrons. The Balaban J connectivity index is 2.63. The van der Waals surface area contributed by atoms with Gasteiger partial charge in [0.15, 0.2) is 0 Å². The molecule has 0 aliphatic heterocycles. The van der Waals surface area contributed by atoms with Gasteiger partial charge in [-0.15, -0.1) is 0 Å². The molecule has 0 bridgehead atoms. The molecule has 1 rings (SSSR count). The summed E-state index contributed by atoms with van der Waals surface area (Å²) in [4.78, 5) is 22.3. The maximum Gasteiger partial charge on any atom is 0.227 e. The van der Waals surface area contributed by atoms with Gasteiger partial charge in [0, 0.05) is 0 Å². The summed E-state index contributed by atoms with van der Waals surface area (Å²) in [5.41, 5.74) is 1.07. The van der Waals surface area contributed by atoms with Crippen LogP contribution in [-0.2, 0) is 9.59 Å². The molecular formula is C13H17NO2. The third-order valence-corrected chi connectivity index (χ3v) is 2.35. The second-order valence-electron chi connectivity index (χ2n) is 3.82. The number of hydrogen-bond acceptors (Lipinski definition) is 2. The number of rotatable bonds is 5. The molecule has 0 aliphatic rings. The largest absolute Gasteiger partial charge is 0.349 e. The fraction of sp³-hybridized carbons (Fsp3) is 0.385. The average Bonchev–Trinajstić information content (AvgIpc) is 2.26. The Labute approximate surface area is 95.9 Å². The second kappa shape index (κ2) is 6.05. The highest BCUT2D eigenvalue weighted by Gasteiger charge is 2.13. The maximum atomic E-state index is 11.5. The first kappa shape index (κ1) is 12.4. The molecule has 0 spiro atoms. The highest BCUT2D eigenvalue weighted by Crippen LogP contribution is 2.15. The first-order valence-corrected chi connectivity index (χ1v) is 5.47. The molecular weight excluding hydrogens is 202 g/mol. The van der Waals surface area contributed by atoms with E-state index in [1.54, 1.807) is 0 Å². The van der Waals surface area contributed by atoms with Crippen molar-refractivity contribution in [3.63, 3.8) is 0 Å². The van der Waals surface area contributed by atoms with Crippen LogP contribution < -0.4 is 5.32 Å². The van der Waals surface area contributed by atoms with Gasteiger partial charge in [-0.25, -0.2) is 0 Å². The molecule has 86 valence electrons. The molecule has 1 aromatic carbocycles. The zero-order valence-electron chi connectivity index (χ0n) is 9.69. The second-order valence-corrected chi connectivity index (χ2v) is 3.82. The number of carbonyl (C=O) groups is 2. The van der Waals surface area contributed by atoms with Crippen molar-refractivity contribution in [2.45, 2.75) is 32.7 Å². The van der Waals surface area contributed by atoms with E-state index in [9.17, 15) is 9.59 Å². The van der Waals surface area contributed by atoms with Gasteiger partial charge >= 0.3 is 0 Å². The molecule has 0 fully saturated rings. The molecule has 0 saturated carbocycles. The highest BCUT2D eigenvalue weighted by molar-refractivity contribution is 5.96.